The third-order valence-corrected chi connectivity index (χ3v) is 4.25. The Bertz CT molecular complexity index is 429. The maximum absolute atomic E-state index is 5.90. The second kappa shape index (κ2) is 6.25. The Morgan fingerprint density at radius 3 is 2.58 bits per heavy atom. The molecule has 3 rings (SSSR count). The lowest BCUT2D eigenvalue weighted by atomic mass is 10.0. The van der Waals surface area contributed by atoms with Gasteiger partial charge in [-0.2, -0.15) is 0 Å². The van der Waals surface area contributed by atoms with Crippen LogP contribution < -0.4 is 10.1 Å². The van der Waals surface area contributed by atoms with E-state index in [2.05, 4.69) is 35.7 Å². The molecule has 0 aromatic heterocycles. The van der Waals surface area contributed by atoms with E-state index in [1.54, 1.807) is 0 Å². The van der Waals surface area contributed by atoms with Crippen LogP contribution in [0.3, 0.4) is 0 Å². The Hall–Kier alpha value is -1.28. The van der Waals surface area contributed by atoms with Crippen LogP contribution in [0.25, 0.3) is 5.57 Å². The minimum atomic E-state index is 0.784. The van der Waals surface area contributed by atoms with Crippen LogP contribution >= 0.6 is 0 Å². The topological polar surface area (TPSA) is 21.3 Å². The van der Waals surface area contributed by atoms with E-state index in [1.807, 2.05) is 0 Å². The van der Waals surface area contributed by atoms with Crippen molar-refractivity contribution in [3.05, 3.63) is 35.9 Å². The van der Waals surface area contributed by atoms with Gasteiger partial charge in [-0.25, -0.2) is 0 Å². The molecule has 1 aliphatic heterocycles. The Morgan fingerprint density at radius 2 is 1.89 bits per heavy atom. The van der Waals surface area contributed by atoms with Crippen LogP contribution in [0.2, 0.25) is 0 Å². The lowest BCUT2D eigenvalue weighted by Crippen LogP contribution is -2.19. The molecule has 19 heavy (non-hydrogen) atoms. The monoisotopic (exact) mass is 257 g/mol. The van der Waals surface area contributed by atoms with Gasteiger partial charge < -0.3 is 10.1 Å². The highest BCUT2D eigenvalue weighted by Gasteiger charge is 2.15. The highest BCUT2D eigenvalue weighted by molar-refractivity contribution is 5.67. The highest BCUT2D eigenvalue weighted by atomic mass is 16.5. The van der Waals surface area contributed by atoms with Crippen LogP contribution in [0.15, 0.2) is 30.3 Å². The average molecular weight is 257 g/mol. The van der Waals surface area contributed by atoms with E-state index in [4.69, 9.17) is 4.74 Å². The van der Waals surface area contributed by atoms with Gasteiger partial charge in [0, 0.05) is 6.54 Å². The first kappa shape index (κ1) is 12.7. The zero-order valence-corrected chi connectivity index (χ0v) is 11.5. The van der Waals surface area contributed by atoms with Gasteiger partial charge >= 0.3 is 0 Å². The molecule has 0 radical (unpaired) electrons. The molecule has 0 unspecified atom stereocenters. The summed E-state index contributed by atoms with van der Waals surface area (Å²) in [7, 11) is 0. The van der Waals surface area contributed by atoms with Gasteiger partial charge in [-0.05, 0) is 55.0 Å². The smallest absolute Gasteiger partial charge is 0.119 e. The van der Waals surface area contributed by atoms with Crippen molar-refractivity contribution in [3.63, 3.8) is 0 Å². The normalized spacial score (nSPS) is 20.3. The van der Waals surface area contributed by atoms with Gasteiger partial charge in [-0.15, -0.1) is 0 Å². The fourth-order valence-electron chi connectivity index (χ4n) is 3.04. The van der Waals surface area contributed by atoms with Crippen LogP contribution in [0, 0.1) is 5.92 Å². The third kappa shape index (κ3) is 3.38. The molecular weight excluding hydrogens is 234 g/mol. The molecule has 0 amide bonds. The number of benzene rings is 1. The molecule has 1 N–H and O–H groups in total. The van der Waals surface area contributed by atoms with Gasteiger partial charge in [0.2, 0.25) is 0 Å². The van der Waals surface area contributed by atoms with Gasteiger partial charge in [0.25, 0.3) is 0 Å². The number of hydrogen-bond acceptors (Lipinski definition) is 2. The second-order valence-corrected chi connectivity index (χ2v) is 5.67. The average Bonchev–Trinajstić information content (AvgIpc) is 3.00. The van der Waals surface area contributed by atoms with Crippen LogP contribution in [-0.2, 0) is 0 Å². The molecule has 2 nitrogen and oxygen atoms in total. The Kier molecular flexibility index (Phi) is 4.19. The first-order valence-corrected chi connectivity index (χ1v) is 7.55. The van der Waals surface area contributed by atoms with E-state index < -0.39 is 0 Å². The standard InChI is InChI=1S/C17H23NO/c1-2-4-14(3-1)13-19-17-7-5-15(6-8-17)16-9-11-18-12-10-16/h5-9,14,18H,1-4,10-13H2. The van der Waals surface area contributed by atoms with E-state index in [0.717, 1.165) is 37.8 Å². The number of hydrogen-bond donors (Lipinski definition) is 1. The molecule has 2 heteroatoms. The second-order valence-electron chi connectivity index (χ2n) is 5.67. The first-order valence-electron chi connectivity index (χ1n) is 7.55. The van der Waals surface area contributed by atoms with Crippen molar-refractivity contribution in [2.75, 3.05) is 19.7 Å². The molecule has 1 aromatic carbocycles. The Labute approximate surface area is 115 Å². The third-order valence-electron chi connectivity index (χ3n) is 4.25. The predicted octanol–water partition coefficient (Wildman–Crippen LogP) is 3.63. The van der Waals surface area contributed by atoms with Crippen molar-refractivity contribution in [1.82, 2.24) is 5.32 Å². The fourth-order valence-corrected chi connectivity index (χ4v) is 3.04. The zero-order valence-electron chi connectivity index (χ0n) is 11.5. The van der Waals surface area contributed by atoms with Crippen molar-refractivity contribution >= 4 is 5.57 Å². The highest BCUT2D eigenvalue weighted by Crippen LogP contribution is 2.26. The summed E-state index contributed by atoms with van der Waals surface area (Å²) in [5.74, 6) is 1.80. The number of nitrogens with one attached hydrogen (secondary N) is 1. The molecule has 1 fully saturated rings. The number of rotatable bonds is 4. The van der Waals surface area contributed by atoms with E-state index in [0.29, 0.717) is 0 Å². The van der Waals surface area contributed by atoms with Crippen LogP contribution in [0.5, 0.6) is 5.75 Å². The van der Waals surface area contributed by atoms with Gasteiger partial charge in [-0.1, -0.05) is 31.1 Å². The van der Waals surface area contributed by atoms with Crippen LogP contribution in [0.4, 0.5) is 0 Å². The first-order chi connectivity index (χ1) is 9.42. The minimum absolute atomic E-state index is 0.784. The summed E-state index contributed by atoms with van der Waals surface area (Å²) in [5.41, 5.74) is 2.80. The lowest BCUT2D eigenvalue weighted by molar-refractivity contribution is 0.252. The lowest BCUT2D eigenvalue weighted by Gasteiger charge is -2.15. The molecule has 1 saturated carbocycles. The molecule has 0 spiro atoms. The van der Waals surface area contributed by atoms with Crippen molar-refractivity contribution in [2.24, 2.45) is 5.92 Å². The van der Waals surface area contributed by atoms with Gasteiger partial charge in [0.05, 0.1) is 6.61 Å². The summed E-state index contributed by atoms with van der Waals surface area (Å²) in [6.07, 6.45) is 8.88. The zero-order chi connectivity index (χ0) is 12.9. The van der Waals surface area contributed by atoms with E-state index in [-0.39, 0.29) is 0 Å². The molecule has 1 heterocycles. The van der Waals surface area contributed by atoms with Crippen molar-refractivity contribution < 1.29 is 4.74 Å². The quantitative estimate of drug-likeness (QED) is 0.889. The molecule has 102 valence electrons. The van der Waals surface area contributed by atoms with Gasteiger partial charge in [0.15, 0.2) is 0 Å². The van der Waals surface area contributed by atoms with Gasteiger partial charge in [-0.3, -0.25) is 0 Å². The summed E-state index contributed by atoms with van der Waals surface area (Å²) >= 11 is 0. The molecule has 0 atom stereocenters. The fraction of sp³-hybridized carbons (Fsp3) is 0.529. The van der Waals surface area contributed by atoms with E-state index >= 15 is 0 Å². The molecule has 1 aromatic rings. The SMILES string of the molecule is C1=C(c2ccc(OCC3CCCC3)cc2)CCNC1. The van der Waals surface area contributed by atoms with E-state index in [1.165, 1.54) is 36.8 Å². The summed E-state index contributed by atoms with van der Waals surface area (Å²) in [6, 6.07) is 8.63. The Balaban J connectivity index is 1.57. The van der Waals surface area contributed by atoms with Crippen LogP contribution in [-0.4, -0.2) is 19.7 Å². The summed E-state index contributed by atoms with van der Waals surface area (Å²) in [6.45, 7) is 2.98. The molecule has 0 saturated heterocycles. The largest absolute Gasteiger partial charge is 0.493 e. The van der Waals surface area contributed by atoms with Crippen molar-refractivity contribution in [2.45, 2.75) is 32.1 Å². The van der Waals surface area contributed by atoms with Crippen molar-refractivity contribution in [1.29, 1.82) is 0 Å². The Morgan fingerprint density at radius 1 is 1.11 bits per heavy atom. The summed E-state index contributed by atoms with van der Waals surface area (Å²) in [5, 5.41) is 3.35. The molecule has 0 bridgehead atoms. The maximum atomic E-state index is 5.90. The summed E-state index contributed by atoms with van der Waals surface area (Å²) < 4.78 is 5.90. The summed E-state index contributed by atoms with van der Waals surface area (Å²) in [4.78, 5) is 0. The molecule has 1 aliphatic carbocycles. The van der Waals surface area contributed by atoms with E-state index in [9.17, 15) is 0 Å². The molecule has 2 aliphatic rings. The van der Waals surface area contributed by atoms with Crippen molar-refractivity contribution in [3.8, 4) is 5.75 Å². The predicted molar refractivity (Wildman–Crippen MR) is 79.4 cm³/mol. The molecular formula is C17H23NO. The maximum Gasteiger partial charge on any atom is 0.119 e. The minimum Gasteiger partial charge on any atom is -0.493 e. The number of ether oxygens (including phenoxy) is 1. The van der Waals surface area contributed by atoms with Crippen LogP contribution in [0.1, 0.15) is 37.7 Å². The van der Waals surface area contributed by atoms with Gasteiger partial charge in [0.1, 0.15) is 5.75 Å².